The molecule has 2 N–H and O–H groups in total. The number of benzene rings is 3. The van der Waals surface area contributed by atoms with Crippen molar-refractivity contribution in [3.63, 3.8) is 0 Å². The molecule has 0 bridgehead atoms. The lowest BCUT2D eigenvalue weighted by Gasteiger charge is -2.22. The Morgan fingerprint density at radius 3 is 2.50 bits per heavy atom. The summed E-state index contributed by atoms with van der Waals surface area (Å²) in [6, 6.07) is 18.5. The van der Waals surface area contributed by atoms with Gasteiger partial charge in [0.05, 0.1) is 12.4 Å². The molecule has 222 valence electrons. The van der Waals surface area contributed by atoms with Crippen LogP contribution in [0.4, 0.5) is 0 Å². The Morgan fingerprint density at radius 1 is 1.07 bits per heavy atom. The molecule has 7 nitrogen and oxygen atoms in total. The highest BCUT2D eigenvalue weighted by Crippen LogP contribution is 2.59. The molecule has 1 spiro atoms. The fourth-order valence-electron chi connectivity index (χ4n) is 6.90. The van der Waals surface area contributed by atoms with E-state index in [0.717, 1.165) is 48.5 Å². The van der Waals surface area contributed by atoms with Crippen LogP contribution in [0.5, 0.6) is 11.5 Å². The van der Waals surface area contributed by atoms with Crippen LogP contribution in [0.1, 0.15) is 59.4 Å². The average Bonchev–Trinajstić information content (AvgIpc) is 3.48. The van der Waals surface area contributed by atoms with Gasteiger partial charge in [-0.25, -0.2) is 8.42 Å². The van der Waals surface area contributed by atoms with Gasteiger partial charge in [-0.05, 0) is 96.3 Å². The molecule has 9 heteroatoms. The number of hydrogen-bond acceptors (Lipinski definition) is 6. The van der Waals surface area contributed by atoms with Crippen molar-refractivity contribution in [1.82, 2.24) is 4.72 Å². The third-order valence-corrected chi connectivity index (χ3v) is 11.2. The van der Waals surface area contributed by atoms with E-state index in [1.165, 1.54) is 33.4 Å². The molecule has 3 aromatic rings. The number of hydrogen-bond donors (Lipinski definition) is 2. The predicted octanol–water partition coefficient (Wildman–Crippen LogP) is 5.43. The second-order valence-electron chi connectivity index (χ2n) is 12.0. The molecule has 0 radical (unpaired) electrons. The van der Waals surface area contributed by atoms with Crippen LogP contribution in [-0.2, 0) is 37.8 Å². The molecular weight excluding hydrogens is 570 g/mol. The van der Waals surface area contributed by atoms with E-state index in [0.29, 0.717) is 6.61 Å². The van der Waals surface area contributed by atoms with Crippen molar-refractivity contribution in [1.29, 1.82) is 0 Å². The molecule has 4 atom stereocenters. The highest BCUT2D eigenvalue weighted by molar-refractivity contribution is 7.90. The maximum Gasteiger partial charge on any atom is 0.235 e. The molecule has 0 aromatic heterocycles. The van der Waals surface area contributed by atoms with E-state index in [1.807, 2.05) is 30.5 Å². The second kappa shape index (κ2) is 11.2. The Balaban J connectivity index is 1.16. The summed E-state index contributed by atoms with van der Waals surface area (Å²) in [4.78, 5) is 11.8. The normalized spacial score (nSPS) is 24.6. The first-order chi connectivity index (χ1) is 20.0. The molecule has 3 unspecified atom stereocenters. The van der Waals surface area contributed by atoms with Gasteiger partial charge in [-0.2, -0.15) is 4.55 Å². The lowest BCUT2D eigenvalue weighted by molar-refractivity contribution is -0.119. The molecular formula is C33H38NO6S2+. The van der Waals surface area contributed by atoms with Crippen molar-refractivity contribution in [2.75, 3.05) is 24.4 Å². The largest absolute Gasteiger partial charge is 0.493 e. The second-order valence-corrected chi connectivity index (χ2v) is 15.4. The number of rotatable bonds is 9. The van der Waals surface area contributed by atoms with Crippen molar-refractivity contribution in [3.05, 3.63) is 82.4 Å². The molecule has 1 saturated carbocycles. The van der Waals surface area contributed by atoms with E-state index >= 15 is 0 Å². The van der Waals surface area contributed by atoms with Crippen LogP contribution in [0.3, 0.4) is 0 Å². The first kappa shape index (κ1) is 29.1. The minimum absolute atomic E-state index is 0.0227. The quantitative estimate of drug-likeness (QED) is 0.248. The van der Waals surface area contributed by atoms with Crippen molar-refractivity contribution in [2.24, 2.45) is 0 Å². The number of sulfonamides is 1. The van der Waals surface area contributed by atoms with Crippen LogP contribution in [0, 0.1) is 13.8 Å². The Morgan fingerprint density at radius 2 is 1.81 bits per heavy atom. The third-order valence-electron chi connectivity index (χ3n) is 8.92. The van der Waals surface area contributed by atoms with Crippen molar-refractivity contribution in [2.45, 2.75) is 63.4 Å². The molecule has 42 heavy (non-hydrogen) atoms. The summed E-state index contributed by atoms with van der Waals surface area (Å²) in [5.41, 5.74) is 8.62. The number of amides is 1. The highest BCUT2D eigenvalue weighted by atomic mass is 32.2. The van der Waals surface area contributed by atoms with Gasteiger partial charge in [0.2, 0.25) is 15.9 Å². The van der Waals surface area contributed by atoms with Gasteiger partial charge in [0, 0.05) is 24.2 Å². The van der Waals surface area contributed by atoms with E-state index in [1.54, 1.807) is 0 Å². The first-order valence-corrected chi connectivity index (χ1v) is 17.9. The monoisotopic (exact) mass is 608 g/mol. The van der Waals surface area contributed by atoms with Crippen LogP contribution in [0.25, 0.3) is 11.1 Å². The minimum atomic E-state index is -3.58. The zero-order valence-corrected chi connectivity index (χ0v) is 25.9. The SMILES string of the molecule is Cc1cc(OCCC[S+](C)O)cc(C)c1-c1cccc2c1CC[C@@]21CC1Oc1ccc(C2CC(=O)NS(=O)(=O)C2)cc1. The molecule has 1 amide bonds. The molecule has 2 fully saturated rings. The maximum absolute atomic E-state index is 12.0. The smallest absolute Gasteiger partial charge is 0.235 e. The van der Waals surface area contributed by atoms with Gasteiger partial charge in [0.1, 0.15) is 40.8 Å². The van der Waals surface area contributed by atoms with Gasteiger partial charge in [-0.1, -0.05) is 30.3 Å². The Hall–Kier alpha value is -3.01. The predicted molar refractivity (Wildman–Crippen MR) is 167 cm³/mol. The number of carbonyl (C=O) groups excluding carboxylic acids is 1. The third kappa shape index (κ3) is 5.79. The average molecular weight is 609 g/mol. The Kier molecular flexibility index (Phi) is 7.79. The molecule has 3 aromatic carbocycles. The van der Waals surface area contributed by atoms with E-state index < -0.39 is 27.1 Å². The molecule has 1 heterocycles. The van der Waals surface area contributed by atoms with Gasteiger partial charge in [0.15, 0.2) is 0 Å². The summed E-state index contributed by atoms with van der Waals surface area (Å²) >= 11 is -0.552. The van der Waals surface area contributed by atoms with Crippen molar-refractivity contribution in [3.8, 4) is 22.6 Å². The van der Waals surface area contributed by atoms with Crippen molar-refractivity contribution >= 4 is 27.1 Å². The van der Waals surface area contributed by atoms with Gasteiger partial charge in [0.25, 0.3) is 0 Å². The summed E-state index contributed by atoms with van der Waals surface area (Å²) in [7, 11) is -3.58. The number of nitrogens with one attached hydrogen (secondary N) is 1. The summed E-state index contributed by atoms with van der Waals surface area (Å²) < 4.78 is 48.0. The standard InChI is InChI=1S/C33H37NO6S2/c1-21-16-26(39-14-5-15-41(3)36)17-22(2)32(21)28-6-4-7-29-27(28)12-13-33(29)19-30(33)40-25-10-8-23(9-11-25)24-18-31(35)34-42(37,38)20-24/h4,6-11,16-17,24,30,36H,5,12-15,18-20H2,1-3H3/p+1/t24?,30?,33-,41?/m1/s1. The molecule has 2 aliphatic carbocycles. The lowest BCUT2D eigenvalue weighted by atomic mass is 9.89. The molecule has 6 rings (SSSR count). The lowest BCUT2D eigenvalue weighted by Crippen LogP contribution is -2.40. The number of ether oxygens (including phenoxy) is 2. The van der Waals surface area contributed by atoms with E-state index in [9.17, 15) is 17.8 Å². The molecule has 1 aliphatic heterocycles. The van der Waals surface area contributed by atoms with Crippen LogP contribution in [0.15, 0.2) is 54.6 Å². The van der Waals surface area contributed by atoms with Crippen LogP contribution >= 0.6 is 0 Å². The molecule has 3 aliphatic rings. The van der Waals surface area contributed by atoms with Gasteiger partial charge >= 0.3 is 0 Å². The van der Waals surface area contributed by atoms with Gasteiger partial charge in [-0.3, -0.25) is 9.52 Å². The first-order valence-electron chi connectivity index (χ1n) is 14.5. The summed E-state index contributed by atoms with van der Waals surface area (Å²) in [6.45, 7) is 4.90. The zero-order chi connectivity index (χ0) is 29.6. The fraction of sp³-hybridized carbons (Fsp3) is 0.424. The highest BCUT2D eigenvalue weighted by Gasteiger charge is 2.60. The summed E-state index contributed by atoms with van der Waals surface area (Å²) in [5.74, 6) is 1.53. The van der Waals surface area contributed by atoms with E-state index in [4.69, 9.17) is 9.47 Å². The summed E-state index contributed by atoms with van der Waals surface area (Å²) in [6.07, 6.45) is 5.98. The summed E-state index contributed by atoms with van der Waals surface area (Å²) in [5, 5.41) is 0. The minimum Gasteiger partial charge on any atom is -0.493 e. The van der Waals surface area contributed by atoms with Gasteiger partial charge < -0.3 is 9.47 Å². The Bertz CT molecular complexity index is 1590. The molecule has 1 saturated heterocycles. The Labute approximate surface area is 251 Å². The fourth-order valence-corrected chi connectivity index (χ4v) is 8.79. The van der Waals surface area contributed by atoms with Crippen molar-refractivity contribution < 1.29 is 27.2 Å². The topological polar surface area (TPSA) is 102 Å². The van der Waals surface area contributed by atoms with Gasteiger partial charge in [-0.15, -0.1) is 0 Å². The maximum atomic E-state index is 12.0. The van der Waals surface area contributed by atoms with E-state index in [2.05, 4.69) is 48.9 Å². The number of aryl methyl sites for hydroxylation is 2. The van der Waals surface area contributed by atoms with Crippen LogP contribution < -0.4 is 14.2 Å². The van der Waals surface area contributed by atoms with Crippen LogP contribution in [-0.4, -0.2) is 49.4 Å². The number of fused-ring (bicyclic) bond motifs is 2. The number of carbonyl (C=O) groups is 1. The zero-order valence-electron chi connectivity index (χ0n) is 24.3. The van der Waals surface area contributed by atoms with E-state index in [-0.39, 0.29) is 29.6 Å². The van der Waals surface area contributed by atoms with Crippen LogP contribution in [0.2, 0.25) is 0 Å².